The summed E-state index contributed by atoms with van der Waals surface area (Å²) in [6, 6.07) is 3.86. The van der Waals surface area contributed by atoms with Gasteiger partial charge >= 0.3 is 0 Å². The minimum absolute atomic E-state index is 0. The lowest BCUT2D eigenvalue weighted by Gasteiger charge is -2.11. The first-order valence-electron chi connectivity index (χ1n) is 5.23. The van der Waals surface area contributed by atoms with Gasteiger partial charge in [0, 0.05) is 11.0 Å². The van der Waals surface area contributed by atoms with Crippen LogP contribution in [0.1, 0.15) is 6.42 Å². The van der Waals surface area contributed by atoms with Gasteiger partial charge in [0.2, 0.25) is 5.91 Å². The molecule has 1 aliphatic heterocycles. The molecule has 0 aliphatic carbocycles. The van der Waals surface area contributed by atoms with Gasteiger partial charge in [0.25, 0.3) is 0 Å². The number of aliphatic hydroxyl groups is 1. The Hall–Kier alpha value is -0.690. The highest BCUT2D eigenvalue weighted by atomic mass is 79.9. The number of carbonyl (C=O) groups excluding carboxylic acids is 1. The van der Waals surface area contributed by atoms with Crippen molar-refractivity contribution in [3.63, 3.8) is 0 Å². The number of benzene rings is 1. The smallest absolute Gasteiger partial charge is 0.241 e. The van der Waals surface area contributed by atoms with Crippen molar-refractivity contribution >= 4 is 39.9 Å². The minimum Gasteiger partial charge on any atom is -0.392 e. The molecule has 4 nitrogen and oxygen atoms in total. The maximum atomic E-state index is 13.4. The van der Waals surface area contributed by atoms with Crippen LogP contribution in [0.25, 0.3) is 0 Å². The second-order valence-electron chi connectivity index (χ2n) is 3.96. The van der Waals surface area contributed by atoms with Crippen molar-refractivity contribution in [1.82, 2.24) is 5.32 Å². The van der Waals surface area contributed by atoms with Gasteiger partial charge in [0.05, 0.1) is 17.8 Å². The van der Waals surface area contributed by atoms with Crippen LogP contribution in [0.2, 0.25) is 0 Å². The van der Waals surface area contributed by atoms with Gasteiger partial charge in [-0.1, -0.05) is 15.9 Å². The Morgan fingerprint density at radius 1 is 1.56 bits per heavy atom. The van der Waals surface area contributed by atoms with E-state index in [9.17, 15) is 14.3 Å². The number of β-amino-alcohol motifs (C(OH)–C–C–N with tert-alkyl or cyclic N) is 1. The number of hydrogen-bond donors (Lipinski definition) is 3. The number of hydrogen-bond acceptors (Lipinski definition) is 3. The van der Waals surface area contributed by atoms with Gasteiger partial charge < -0.3 is 15.7 Å². The Balaban J connectivity index is 0.00000162. The van der Waals surface area contributed by atoms with Crippen LogP contribution in [0.3, 0.4) is 0 Å². The number of carbonyl (C=O) groups is 1. The van der Waals surface area contributed by atoms with E-state index in [2.05, 4.69) is 26.6 Å². The Morgan fingerprint density at radius 2 is 2.28 bits per heavy atom. The van der Waals surface area contributed by atoms with Crippen molar-refractivity contribution in [3.05, 3.63) is 28.5 Å². The molecular formula is C11H13BrClFN2O2. The molecule has 7 heteroatoms. The van der Waals surface area contributed by atoms with Crippen LogP contribution in [0, 0.1) is 5.82 Å². The van der Waals surface area contributed by atoms with E-state index in [1.165, 1.54) is 12.1 Å². The van der Waals surface area contributed by atoms with Crippen LogP contribution in [-0.2, 0) is 4.79 Å². The quantitative estimate of drug-likeness (QED) is 0.768. The van der Waals surface area contributed by atoms with E-state index in [0.717, 1.165) is 0 Å². The van der Waals surface area contributed by atoms with Crippen molar-refractivity contribution in [2.75, 3.05) is 11.9 Å². The molecule has 0 saturated carbocycles. The third kappa shape index (κ3) is 3.65. The van der Waals surface area contributed by atoms with Crippen LogP contribution in [0.15, 0.2) is 22.7 Å². The van der Waals surface area contributed by atoms with Gasteiger partial charge in [0.15, 0.2) is 0 Å². The van der Waals surface area contributed by atoms with E-state index in [1.54, 1.807) is 6.07 Å². The summed E-state index contributed by atoms with van der Waals surface area (Å²) in [7, 11) is 0. The zero-order chi connectivity index (χ0) is 12.4. The fourth-order valence-electron chi connectivity index (χ4n) is 1.73. The van der Waals surface area contributed by atoms with Crippen molar-refractivity contribution in [1.29, 1.82) is 0 Å². The molecule has 0 radical (unpaired) electrons. The normalized spacial score (nSPS) is 22.4. The van der Waals surface area contributed by atoms with E-state index < -0.39 is 18.0 Å². The summed E-state index contributed by atoms with van der Waals surface area (Å²) >= 11 is 3.21. The van der Waals surface area contributed by atoms with Gasteiger partial charge in [-0.2, -0.15) is 0 Å². The number of amides is 1. The molecule has 18 heavy (non-hydrogen) atoms. The second-order valence-corrected chi connectivity index (χ2v) is 4.88. The summed E-state index contributed by atoms with van der Waals surface area (Å²) < 4.78 is 14.1. The van der Waals surface area contributed by atoms with Gasteiger partial charge in [-0.05, 0) is 24.6 Å². The number of nitrogens with one attached hydrogen (secondary N) is 2. The van der Waals surface area contributed by atoms with Crippen molar-refractivity contribution < 1.29 is 14.3 Å². The lowest BCUT2D eigenvalue weighted by molar-refractivity contribution is -0.118. The average Bonchev–Trinajstić information content (AvgIpc) is 2.70. The first kappa shape index (κ1) is 15.4. The molecule has 0 aromatic heterocycles. The lowest BCUT2D eigenvalue weighted by Crippen LogP contribution is -2.35. The summed E-state index contributed by atoms with van der Waals surface area (Å²) in [6.45, 7) is 0.388. The molecule has 100 valence electrons. The van der Waals surface area contributed by atoms with E-state index >= 15 is 0 Å². The van der Waals surface area contributed by atoms with Crippen LogP contribution >= 0.6 is 28.3 Å². The van der Waals surface area contributed by atoms with E-state index in [-0.39, 0.29) is 24.0 Å². The molecule has 1 fully saturated rings. The zero-order valence-electron chi connectivity index (χ0n) is 9.32. The molecule has 1 aliphatic rings. The molecular weight excluding hydrogens is 326 g/mol. The van der Waals surface area contributed by atoms with Gasteiger partial charge in [-0.3, -0.25) is 4.79 Å². The zero-order valence-corrected chi connectivity index (χ0v) is 11.7. The summed E-state index contributed by atoms with van der Waals surface area (Å²) in [5.41, 5.74) is 0.132. The highest BCUT2D eigenvalue weighted by Crippen LogP contribution is 2.20. The van der Waals surface area contributed by atoms with Gasteiger partial charge in [-0.25, -0.2) is 4.39 Å². The summed E-state index contributed by atoms with van der Waals surface area (Å²) in [5.74, 6) is -0.821. The maximum absolute atomic E-state index is 13.4. The number of halogens is 3. The molecule has 1 aromatic rings. The van der Waals surface area contributed by atoms with Gasteiger partial charge in [0.1, 0.15) is 5.82 Å². The molecule has 1 heterocycles. The molecule has 0 spiro atoms. The molecule has 1 saturated heterocycles. The van der Waals surface area contributed by atoms with Gasteiger partial charge in [-0.15, -0.1) is 12.4 Å². The highest BCUT2D eigenvalue weighted by Gasteiger charge is 2.28. The molecule has 1 aromatic carbocycles. The highest BCUT2D eigenvalue weighted by molar-refractivity contribution is 9.10. The minimum atomic E-state index is -0.516. The van der Waals surface area contributed by atoms with Crippen LogP contribution in [-0.4, -0.2) is 29.7 Å². The second kappa shape index (κ2) is 6.47. The molecule has 3 N–H and O–H groups in total. The van der Waals surface area contributed by atoms with Crippen LogP contribution in [0.4, 0.5) is 10.1 Å². The molecule has 2 atom stereocenters. The third-order valence-corrected chi connectivity index (χ3v) is 3.10. The monoisotopic (exact) mass is 338 g/mol. The summed E-state index contributed by atoms with van der Waals surface area (Å²) in [5, 5.41) is 14.6. The Bertz CT molecular complexity index is 447. The Labute approximate surface area is 118 Å². The summed E-state index contributed by atoms with van der Waals surface area (Å²) in [6.07, 6.45) is -0.167. The van der Waals surface area contributed by atoms with E-state index in [4.69, 9.17) is 0 Å². The molecule has 2 unspecified atom stereocenters. The van der Waals surface area contributed by atoms with Crippen molar-refractivity contribution in [2.24, 2.45) is 0 Å². The molecule has 1 amide bonds. The standard InChI is InChI=1S/C11H12BrFN2O2.ClH/c12-6-1-2-8(13)9(3-6)15-11(17)10-4-7(16)5-14-10;/h1-3,7,10,14,16H,4-5H2,(H,15,17);1H. The maximum Gasteiger partial charge on any atom is 0.241 e. The SMILES string of the molecule is Cl.O=C(Nc1cc(Br)ccc1F)C1CC(O)CN1. The fourth-order valence-corrected chi connectivity index (χ4v) is 2.09. The lowest BCUT2D eigenvalue weighted by atomic mass is 10.2. The topological polar surface area (TPSA) is 61.4 Å². The molecule has 0 bridgehead atoms. The largest absolute Gasteiger partial charge is 0.392 e. The van der Waals surface area contributed by atoms with Crippen LogP contribution < -0.4 is 10.6 Å². The fraction of sp³-hybridized carbons (Fsp3) is 0.364. The molecule has 2 rings (SSSR count). The van der Waals surface area contributed by atoms with Crippen LogP contribution in [0.5, 0.6) is 0 Å². The first-order chi connectivity index (χ1) is 8.06. The van der Waals surface area contributed by atoms with Crippen molar-refractivity contribution in [2.45, 2.75) is 18.6 Å². The predicted molar refractivity (Wildman–Crippen MR) is 72.4 cm³/mol. The third-order valence-electron chi connectivity index (χ3n) is 2.61. The number of aliphatic hydroxyl groups excluding tert-OH is 1. The number of anilines is 1. The van der Waals surface area contributed by atoms with E-state index in [0.29, 0.717) is 17.4 Å². The summed E-state index contributed by atoms with van der Waals surface area (Å²) in [4.78, 5) is 11.8. The predicted octanol–water partition coefficient (Wildman–Crippen LogP) is 1.67. The first-order valence-corrected chi connectivity index (χ1v) is 6.03. The average molecular weight is 340 g/mol. The van der Waals surface area contributed by atoms with Crippen molar-refractivity contribution in [3.8, 4) is 0 Å². The Morgan fingerprint density at radius 3 is 2.89 bits per heavy atom. The van der Waals surface area contributed by atoms with E-state index in [1.807, 2.05) is 0 Å². The number of rotatable bonds is 2. The Kier molecular flexibility index (Phi) is 5.52.